The molecule has 0 spiro atoms. The second kappa shape index (κ2) is 8.43. The zero-order chi connectivity index (χ0) is 18.5. The highest BCUT2D eigenvalue weighted by atomic mass is 16.5. The molecule has 1 saturated carbocycles. The summed E-state index contributed by atoms with van der Waals surface area (Å²) in [5.41, 5.74) is 0.947. The van der Waals surface area contributed by atoms with Crippen LogP contribution in [0.1, 0.15) is 50.5 Å². The van der Waals surface area contributed by atoms with Crippen LogP contribution >= 0.6 is 0 Å². The Hall–Kier alpha value is -2.24. The van der Waals surface area contributed by atoms with Crippen molar-refractivity contribution in [3.8, 4) is 11.5 Å². The first kappa shape index (κ1) is 18.5. The number of nitrogens with zero attached hydrogens (tertiary/aromatic N) is 1. The highest BCUT2D eigenvalue weighted by molar-refractivity contribution is 5.82. The fourth-order valence-electron chi connectivity index (χ4n) is 3.98. The van der Waals surface area contributed by atoms with Crippen molar-refractivity contribution < 1.29 is 19.1 Å². The van der Waals surface area contributed by atoms with Gasteiger partial charge in [-0.3, -0.25) is 9.59 Å². The first-order valence-corrected chi connectivity index (χ1v) is 9.40. The van der Waals surface area contributed by atoms with Crippen molar-refractivity contribution >= 4 is 11.8 Å². The van der Waals surface area contributed by atoms with Crippen LogP contribution in [0.25, 0.3) is 0 Å². The number of nitrogens with one attached hydrogen (secondary N) is 1. The number of ether oxygens (including phenoxy) is 2. The number of methoxy groups -OCH3 is 2. The average Bonchev–Trinajstić information content (AvgIpc) is 3.31. The van der Waals surface area contributed by atoms with Crippen molar-refractivity contribution in [1.82, 2.24) is 10.2 Å². The van der Waals surface area contributed by atoms with Gasteiger partial charge in [0.1, 0.15) is 11.5 Å². The summed E-state index contributed by atoms with van der Waals surface area (Å²) in [5.74, 6) is 1.66. The maximum absolute atomic E-state index is 13.1. The number of hydrogen-bond acceptors (Lipinski definition) is 4. The molecule has 1 aromatic rings. The van der Waals surface area contributed by atoms with E-state index in [1.165, 1.54) is 0 Å². The Bertz CT molecular complexity index is 655. The van der Waals surface area contributed by atoms with Gasteiger partial charge in [0, 0.05) is 37.0 Å². The van der Waals surface area contributed by atoms with Crippen molar-refractivity contribution in [3.05, 3.63) is 23.8 Å². The SMILES string of the molecule is COc1ccc(OC)c(CN(C(=O)C[C@H]2CCC(=O)N2)C2CCCC2)c1. The van der Waals surface area contributed by atoms with Gasteiger partial charge in [-0.15, -0.1) is 0 Å². The normalized spacial score (nSPS) is 20.1. The van der Waals surface area contributed by atoms with Crippen LogP contribution in [0.2, 0.25) is 0 Å². The molecule has 1 saturated heterocycles. The third-order valence-corrected chi connectivity index (χ3v) is 5.42. The van der Waals surface area contributed by atoms with E-state index in [1.54, 1.807) is 14.2 Å². The molecule has 1 atom stereocenters. The third kappa shape index (κ3) is 4.29. The molecule has 1 N–H and O–H groups in total. The lowest BCUT2D eigenvalue weighted by atomic mass is 10.1. The molecule has 0 bridgehead atoms. The number of benzene rings is 1. The van der Waals surface area contributed by atoms with Crippen LogP contribution in [0.5, 0.6) is 11.5 Å². The first-order chi connectivity index (χ1) is 12.6. The molecule has 1 aliphatic carbocycles. The quantitative estimate of drug-likeness (QED) is 0.812. The van der Waals surface area contributed by atoms with Gasteiger partial charge < -0.3 is 19.7 Å². The van der Waals surface area contributed by atoms with Crippen LogP contribution < -0.4 is 14.8 Å². The van der Waals surface area contributed by atoms with Crippen LogP contribution in [-0.4, -0.2) is 43.0 Å². The molecule has 26 heavy (non-hydrogen) atoms. The van der Waals surface area contributed by atoms with Gasteiger partial charge in [-0.1, -0.05) is 12.8 Å². The van der Waals surface area contributed by atoms with Crippen LogP contribution in [0.4, 0.5) is 0 Å². The van der Waals surface area contributed by atoms with Crippen LogP contribution in [0, 0.1) is 0 Å². The van der Waals surface area contributed by atoms with E-state index >= 15 is 0 Å². The predicted molar refractivity (Wildman–Crippen MR) is 98.1 cm³/mol. The summed E-state index contributed by atoms with van der Waals surface area (Å²) in [6.45, 7) is 0.505. The Morgan fingerprint density at radius 1 is 1.19 bits per heavy atom. The zero-order valence-corrected chi connectivity index (χ0v) is 15.6. The summed E-state index contributed by atoms with van der Waals surface area (Å²) >= 11 is 0. The number of carbonyl (C=O) groups is 2. The van der Waals surface area contributed by atoms with E-state index < -0.39 is 0 Å². The fourth-order valence-corrected chi connectivity index (χ4v) is 3.98. The summed E-state index contributed by atoms with van der Waals surface area (Å²) in [4.78, 5) is 26.5. The summed E-state index contributed by atoms with van der Waals surface area (Å²) in [6.07, 6.45) is 6.02. The second-order valence-electron chi connectivity index (χ2n) is 7.14. The molecule has 6 nitrogen and oxygen atoms in total. The van der Waals surface area contributed by atoms with Gasteiger partial charge in [0.25, 0.3) is 0 Å². The topological polar surface area (TPSA) is 67.9 Å². The van der Waals surface area contributed by atoms with Crippen molar-refractivity contribution in [1.29, 1.82) is 0 Å². The third-order valence-electron chi connectivity index (χ3n) is 5.42. The number of hydrogen-bond donors (Lipinski definition) is 1. The highest BCUT2D eigenvalue weighted by Crippen LogP contribution is 2.30. The van der Waals surface area contributed by atoms with E-state index in [0.717, 1.165) is 49.2 Å². The molecule has 0 radical (unpaired) electrons. The van der Waals surface area contributed by atoms with Gasteiger partial charge >= 0.3 is 0 Å². The summed E-state index contributed by atoms with van der Waals surface area (Å²) in [6, 6.07) is 5.90. The molecular formula is C20H28N2O4. The summed E-state index contributed by atoms with van der Waals surface area (Å²) in [7, 11) is 3.27. The lowest BCUT2D eigenvalue weighted by molar-refractivity contribution is -0.134. The minimum atomic E-state index is -0.0360. The van der Waals surface area contributed by atoms with E-state index in [9.17, 15) is 9.59 Å². The standard InChI is InChI=1S/C20H28N2O4/c1-25-17-8-9-18(26-2)14(11-17)13-22(16-5-3-4-6-16)20(24)12-15-7-10-19(23)21-15/h8-9,11,15-16H,3-7,10,12-13H2,1-2H3,(H,21,23)/t15-/m1/s1. The van der Waals surface area contributed by atoms with Gasteiger partial charge in [-0.25, -0.2) is 0 Å². The first-order valence-electron chi connectivity index (χ1n) is 9.40. The Kier molecular flexibility index (Phi) is 6.01. The van der Waals surface area contributed by atoms with Crippen molar-refractivity contribution in [2.75, 3.05) is 14.2 Å². The minimum absolute atomic E-state index is 0.0360. The smallest absolute Gasteiger partial charge is 0.225 e. The second-order valence-corrected chi connectivity index (χ2v) is 7.14. The molecule has 2 amide bonds. The summed E-state index contributed by atoms with van der Waals surface area (Å²) in [5, 5.41) is 2.90. The molecule has 6 heteroatoms. The van der Waals surface area contributed by atoms with Gasteiger partial charge in [0.2, 0.25) is 11.8 Å². The zero-order valence-electron chi connectivity index (χ0n) is 15.6. The van der Waals surface area contributed by atoms with Crippen molar-refractivity contribution in [2.45, 2.75) is 63.6 Å². The van der Waals surface area contributed by atoms with Gasteiger partial charge in [0.05, 0.1) is 14.2 Å². The van der Waals surface area contributed by atoms with Gasteiger partial charge in [-0.05, 0) is 37.5 Å². The van der Waals surface area contributed by atoms with E-state index in [4.69, 9.17) is 9.47 Å². The molecular weight excluding hydrogens is 332 g/mol. The largest absolute Gasteiger partial charge is 0.497 e. The van der Waals surface area contributed by atoms with Gasteiger partial charge in [-0.2, -0.15) is 0 Å². The Morgan fingerprint density at radius 3 is 2.58 bits per heavy atom. The van der Waals surface area contributed by atoms with E-state index in [0.29, 0.717) is 19.4 Å². The van der Waals surface area contributed by atoms with Crippen molar-refractivity contribution in [2.24, 2.45) is 0 Å². The van der Waals surface area contributed by atoms with Crippen molar-refractivity contribution in [3.63, 3.8) is 0 Å². The lowest BCUT2D eigenvalue weighted by Crippen LogP contribution is -2.41. The fraction of sp³-hybridized carbons (Fsp3) is 0.600. The minimum Gasteiger partial charge on any atom is -0.497 e. The van der Waals surface area contributed by atoms with E-state index in [1.807, 2.05) is 23.1 Å². The molecule has 1 aromatic carbocycles. The molecule has 0 unspecified atom stereocenters. The maximum Gasteiger partial charge on any atom is 0.225 e. The monoisotopic (exact) mass is 360 g/mol. The predicted octanol–water partition coefficient (Wildman–Crippen LogP) is 2.64. The molecule has 2 aliphatic rings. The molecule has 142 valence electrons. The summed E-state index contributed by atoms with van der Waals surface area (Å²) < 4.78 is 10.8. The molecule has 3 rings (SSSR count). The van der Waals surface area contributed by atoms with Crippen LogP contribution in [0.3, 0.4) is 0 Å². The van der Waals surface area contributed by atoms with Crippen LogP contribution in [-0.2, 0) is 16.1 Å². The van der Waals surface area contributed by atoms with Gasteiger partial charge in [0.15, 0.2) is 0 Å². The average molecular weight is 360 g/mol. The Morgan fingerprint density at radius 2 is 1.96 bits per heavy atom. The number of rotatable bonds is 7. The lowest BCUT2D eigenvalue weighted by Gasteiger charge is -2.31. The number of carbonyl (C=O) groups excluding carboxylic acids is 2. The molecule has 1 aliphatic heterocycles. The number of amides is 2. The van der Waals surface area contributed by atoms with Crippen LogP contribution in [0.15, 0.2) is 18.2 Å². The van der Waals surface area contributed by atoms with E-state index in [2.05, 4.69) is 5.32 Å². The molecule has 2 fully saturated rings. The highest BCUT2D eigenvalue weighted by Gasteiger charge is 2.31. The van der Waals surface area contributed by atoms with E-state index in [-0.39, 0.29) is 23.9 Å². The molecule has 0 aromatic heterocycles. The Balaban J connectivity index is 1.78. The molecule has 1 heterocycles. The Labute approximate surface area is 154 Å². The maximum atomic E-state index is 13.1.